The van der Waals surface area contributed by atoms with Gasteiger partial charge in [0.1, 0.15) is 0 Å². The van der Waals surface area contributed by atoms with Crippen LogP contribution < -0.4 is 5.32 Å². The van der Waals surface area contributed by atoms with E-state index in [1.165, 1.54) is 38.6 Å². The van der Waals surface area contributed by atoms with E-state index < -0.39 is 0 Å². The van der Waals surface area contributed by atoms with Crippen molar-refractivity contribution in [2.75, 3.05) is 20.6 Å². The smallest absolute Gasteiger partial charge is 0.0156 e. The second-order valence-corrected chi connectivity index (χ2v) is 6.58. The zero-order chi connectivity index (χ0) is 11.8. The van der Waals surface area contributed by atoms with E-state index >= 15 is 0 Å². The van der Waals surface area contributed by atoms with Crippen LogP contribution in [0.15, 0.2) is 0 Å². The molecule has 2 rings (SSSR count). The molecule has 2 aliphatic carbocycles. The zero-order valence-corrected chi connectivity index (χ0v) is 11.4. The lowest BCUT2D eigenvalue weighted by Gasteiger charge is -2.38. The number of hydrogen-bond donors (Lipinski definition) is 1. The molecule has 0 aromatic rings. The number of nitrogens with zero attached hydrogens (tertiary/aromatic N) is 1. The minimum atomic E-state index is 0.486. The Kier molecular flexibility index (Phi) is 3.60. The quantitative estimate of drug-likeness (QED) is 0.789. The molecule has 2 saturated carbocycles. The lowest BCUT2D eigenvalue weighted by Crippen LogP contribution is -2.46. The molecular formula is C14H28N2. The highest BCUT2D eigenvalue weighted by atomic mass is 15.1. The van der Waals surface area contributed by atoms with E-state index in [2.05, 4.69) is 38.2 Å². The van der Waals surface area contributed by atoms with Gasteiger partial charge in [0.2, 0.25) is 0 Å². The van der Waals surface area contributed by atoms with E-state index in [1.54, 1.807) is 0 Å². The second-order valence-electron chi connectivity index (χ2n) is 6.58. The SMILES string of the molecule is CNC1C(CN(C)C2CCC2)CCC1(C)C. The lowest BCUT2D eigenvalue weighted by molar-refractivity contribution is 0.124. The zero-order valence-electron chi connectivity index (χ0n) is 11.4. The maximum Gasteiger partial charge on any atom is 0.0156 e. The fourth-order valence-corrected chi connectivity index (χ4v) is 3.69. The summed E-state index contributed by atoms with van der Waals surface area (Å²) >= 11 is 0. The monoisotopic (exact) mass is 224 g/mol. The molecule has 0 heterocycles. The van der Waals surface area contributed by atoms with Gasteiger partial charge in [0.25, 0.3) is 0 Å². The normalized spacial score (nSPS) is 34.3. The maximum atomic E-state index is 3.56. The van der Waals surface area contributed by atoms with Crippen LogP contribution in [-0.2, 0) is 0 Å². The fourth-order valence-electron chi connectivity index (χ4n) is 3.69. The van der Waals surface area contributed by atoms with Gasteiger partial charge in [-0.05, 0) is 51.1 Å². The van der Waals surface area contributed by atoms with Gasteiger partial charge in [0.05, 0.1) is 0 Å². The van der Waals surface area contributed by atoms with Gasteiger partial charge in [0.15, 0.2) is 0 Å². The lowest BCUT2D eigenvalue weighted by atomic mass is 9.84. The first kappa shape index (κ1) is 12.4. The minimum absolute atomic E-state index is 0.486. The predicted molar refractivity (Wildman–Crippen MR) is 69.6 cm³/mol. The summed E-state index contributed by atoms with van der Waals surface area (Å²) in [6.07, 6.45) is 7.07. The molecule has 1 N–H and O–H groups in total. The first-order chi connectivity index (χ1) is 7.54. The van der Waals surface area contributed by atoms with Crippen molar-refractivity contribution >= 4 is 0 Å². The number of rotatable bonds is 4. The van der Waals surface area contributed by atoms with E-state index in [0.29, 0.717) is 11.5 Å². The maximum absolute atomic E-state index is 3.56. The van der Waals surface area contributed by atoms with E-state index in [1.807, 2.05) is 0 Å². The molecule has 0 aliphatic heterocycles. The van der Waals surface area contributed by atoms with Crippen molar-refractivity contribution in [2.45, 2.75) is 58.0 Å². The Morgan fingerprint density at radius 2 is 1.94 bits per heavy atom. The van der Waals surface area contributed by atoms with Crippen LogP contribution >= 0.6 is 0 Å². The molecule has 0 radical (unpaired) electrons. The third kappa shape index (κ3) is 2.28. The summed E-state index contributed by atoms with van der Waals surface area (Å²) in [5, 5.41) is 3.56. The van der Waals surface area contributed by atoms with Crippen molar-refractivity contribution in [2.24, 2.45) is 11.3 Å². The van der Waals surface area contributed by atoms with E-state index in [-0.39, 0.29) is 0 Å². The highest BCUT2D eigenvalue weighted by molar-refractivity contribution is 4.97. The van der Waals surface area contributed by atoms with Crippen LogP contribution in [0.4, 0.5) is 0 Å². The van der Waals surface area contributed by atoms with Crippen LogP contribution in [0.3, 0.4) is 0 Å². The van der Waals surface area contributed by atoms with Gasteiger partial charge in [-0.3, -0.25) is 0 Å². The van der Waals surface area contributed by atoms with Crippen LogP contribution in [0, 0.1) is 11.3 Å². The molecule has 2 fully saturated rings. The molecule has 94 valence electrons. The molecule has 0 saturated heterocycles. The van der Waals surface area contributed by atoms with Crippen molar-refractivity contribution in [3.05, 3.63) is 0 Å². The standard InChI is InChI=1S/C14H28N2/c1-14(2)9-8-11(13(14)15-3)10-16(4)12-6-5-7-12/h11-13,15H,5-10H2,1-4H3. The molecule has 0 aromatic heterocycles. The first-order valence-electron chi connectivity index (χ1n) is 6.92. The Morgan fingerprint density at radius 3 is 2.44 bits per heavy atom. The molecule has 0 aromatic carbocycles. The molecule has 16 heavy (non-hydrogen) atoms. The van der Waals surface area contributed by atoms with Crippen molar-refractivity contribution in [1.82, 2.24) is 10.2 Å². The highest BCUT2D eigenvalue weighted by Crippen LogP contribution is 2.41. The van der Waals surface area contributed by atoms with Crippen LogP contribution in [0.2, 0.25) is 0 Å². The van der Waals surface area contributed by atoms with Crippen molar-refractivity contribution in [1.29, 1.82) is 0 Å². The van der Waals surface area contributed by atoms with Gasteiger partial charge in [-0.15, -0.1) is 0 Å². The van der Waals surface area contributed by atoms with Crippen LogP contribution in [0.5, 0.6) is 0 Å². The van der Waals surface area contributed by atoms with E-state index in [9.17, 15) is 0 Å². The van der Waals surface area contributed by atoms with E-state index in [4.69, 9.17) is 0 Å². The van der Waals surface area contributed by atoms with Crippen molar-refractivity contribution < 1.29 is 0 Å². The van der Waals surface area contributed by atoms with Gasteiger partial charge in [-0.1, -0.05) is 20.3 Å². The molecule has 2 atom stereocenters. The summed E-state index contributed by atoms with van der Waals surface area (Å²) in [6, 6.07) is 1.59. The molecule has 2 nitrogen and oxygen atoms in total. The molecular weight excluding hydrogens is 196 g/mol. The average Bonchev–Trinajstić information content (AvgIpc) is 2.38. The van der Waals surface area contributed by atoms with Gasteiger partial charge < -0.3 is 10.2 Å². The number of hydrogen-bond acceptors (Lipinski definition) is 2. The number of nitrogens with one attached hydrogen (secondary N) is 1. The third-order valence-corrected chi connectivity index (χ3v) is 5.00. The van der Waals surface area contributed by atoms with Crippen LogP contribution in [0.1, 0.15) is 46.0 Å². The molecule has 0 bridgehead atoms. The fraction of sp³-hybridized carbons (Fsp3) is 1.00. The Bertz CT molecular complexity index is 233. The Labute approximate surface area is 101 Å². The summed E-state index contributed by atoms with van der Waals surface area (Å²) < 4.78 is 0. The van der Waals surface area contributed by atoms with Gasteiger partial charge in [-0.25, -0.2) is 0 Å². The molecule has 2 unspecified atom stereocenters. The van der Waals surface area contributed by atoms with Gasteiger partial charge in [-0.2, -0.15) is 0 Å². The first-order valence-corrected chi connectivity index (χ1v) is 6.92. The molecule has 2 heteroatoms. The average molecular weight is 224 g/mol. The van der Waals surface area contributed by atoms with Gasteiger partial charge >= 0.3 is 0 Å². The predicted octanol–water partition coefficient (Wildman–Crippen LogP) is 2.49. The second kappa shape index (κ2) is 4.66. The Morgan fingerprint density at radius 1 is 1.25 bits per heavy atom. The minimum Gasteiger partial charge on any atom is -0.316 e. The topological polar surface area (TPSA) is 15.3 Å². The largest absolute Gasteiger partial charge is 0.316 e. The highest BCUT2D eigenvalue weighted by Gasteiger charge is 2.41. The van der Waals surface area contributed by atoms with Crippen LogP contribution in [0.25, 0.3) is 0 Å². The summed E-state index contributed by atoms with van der Waals surface area (Å²) in [5.41, 5.74) is 0.486. The summed E-state index contributed by atoms with van der Waals surface area (Å²) in [7, 11) is 4.45. The summed E-state index contributed by atoms with van der Waals surface area (Å²) in [4.78, 5) is 2.61. The molecule has 0 amide bonds. The third-order valence-electron chi connectivity index (χ3n) is 5.00. The van der Waals surface area contributed by atoms with E-state index in [0.717, 1.165) is 12.0 Å². The van der Waals surface area contributed by atoms with Crippen molar-refractivity contribution in [3.8, 4) is 0 Å². The summed E-state index contributed by atoms with van der Waals surface area (Å²) in [6.45, 7) is 6.12. The van der Waals surface area contributed by atoms with Crippen molar-refractivity contribution in [3.63, 3.8) is 0 Å². The molecule has 2 aliphatic rings. The summed E-state index contributed by atoms with van der Waals surface area (Å²) in [5.74, 6) is 0.852. The Balaban J connectivity index is 1.89. The van der Waals surface area contributed by atoms with Gasteiger partial charge in [0, 0.05) is 18.6 Å². The molecule has 0 spiro atoms. The van der Waals surface area contributed by atoms with Crippen LogP contribution in [-0.4, -0.2) is 37.6 Å². The Hall–Kier alpha value is -0.0800.